The molecule has 2 aliphatic rings. The van der Waals surface area contributed by atoms with Crippen molar-refractivity contribution in [3.05, 3.63) is 29.8 Å². The molecule has 0 aliphatic carbocycles. The molecule has 1 aromatic rings. The zero-order valence-corrected chi connectivity index (χ0v) is 13.6. The van der Waals surface area contributed by atoms with Crippen LogP contribution in [0.15, 0.2) is 24.3 Å². The first-order valence-electron chi connectivity index (χ1n) is 8.32. The average Bonchev–Trinajstić information content (AvgIpc) is 2.84. The third kappa shape index (κ3) is 2.98. The van der Waals surface area contributed by atoms with Gasteiger partial charge in [-0.05, 0) is 38.4 Å². The lowest BCUT2D eigenvalue weighted by Gasteiger charge is -2.28. The summed E-state index contributed by atoms with van der Waals surface area (Å²) in [6.45, 7) is 3.20. The Balaban J connectivity index is 1.73. The molecule has 0 bridgehead atoms. The average molecular weight is 302 g/mol. The Bertz CT molecular complexity index is 526. The van der Waals surface area contributed by atoms with Crippen molar-refractivity contribution in [2.75, 3.05) is 33.8 Å². The third-order valence-corrected chi connectivity index (χ3v) is 5.10. The van der Waals surface area contributed by atoms with Crippen LogP contribution in [-0.4, -0.2) is 49.5 Å². The van der Waals surface area contributed by atoms with Gasteiger partial charge in [-0.15, -0.1) is 0 Å². The normalized spacial score (nSPS) is 26.5. The van der Waals surface area contributed by atoms with Gasteiger partial charge in [-0.1, -0.05) is 24.6 Å². The molecule has 2 heterocycles. The van der Waals surface area contributed by atoms with E-state index in [1.54, 1.807) is 7.11 Å². The maximum absolute atomic E-state index is 12.6. The first-order valence-corrected chi connectivity index (χ1v) is 8.32. The second-order valence-electron chi connectivity index (χ2n) is 6.50. The third-order valence-electron chi connectivity index (χ3n) is 5.10. The van der Waals surface area contributed by atoms with Crippen LogP contribution in [0.3, 0.4) is 0 Å². The number of amides is 1. The summed E-state index contributed by atoms with van der Waals surface area (Å²) in [7, 11) is 3.62. The predicted octanol–water partition coefficient (Wildman–Crippen LogP) is 2.70. The number of hydrogen-bond donors (Lipinski definition) is 0. The summed E-state index contributed by atoms with van der Waals surface area (Å²) in [5, 5.41) is 0. The summed E-state index contributed by atoms with van der Waals surface area (Å²) in [5.74, 6) is 1.28. The molecule has 0 saturated carbocycles. The van der Waals surface area contributed by atoms with E-state index in [4.69, 9.17) is 4.74 Å². The van der Waals surface area contributed by atoms with Crippen LogP contribution in [0.1, 0.15) is 37.3 Å². The van der Waals surface area contributed by atoms with Crippen molar-refractivity contribution in [1.82, 2.24) is 9.80 Å². The van der Waals surface area contributed by atoms with Crippen LogP contribution in [-0.2, 0) is 4.79 Å². The quantitative estimate of drug-likeness (QED) is 0.857. The number of carbonyl (C=O) groups is 1. The summed E-state index contributed by atoms with van der Waals surface area (Å²) in [6, 6.07) is 8.19. The van der Waals surface area contributed by atoms with E-state index >= 15 is 0 Å². The topological polar surface area (TPSA) is 32.8 Å². The van der Waals surface area contributed by atoms with Gasteiger partial charge in [0.15, 0.2) is 0 Å². The summed E-state index contributed by atoms with van der Waals surface area (Å²) in [4.78, 5) is 17.0. The van der Waals surface area contributed by atoms with E-state index in [0.29, 0.717) is 0 Å². The Morgan fingerprint density at radius 3 is 2.64 bits per heavy atom. The smallest absolute Gasteiger partial charge is 0.227 e. The number of benzene rings is 1. The molecule has 0 radical (unpaired) electrons. The molecule has 4 nitrogen and oxygen atoms in total. The Kier molecular flexibility index (Phi) is 4.67. The molecule has 4 heteroatoms. The molecule has 2 aliphatic heterocycles. The number of carbonyl (C=O) groups excluding carboxylic acids is 1. The van der Waals surface area contributed by atoms with Gasteiger partial charge in [0.1, 0.15) is 5.75 Å². The Morgan fingerprint density at radius 1 is 1.18 bits per heavy atom. The van der Waals surface area contributed by atoms with E-state index in [1.807, 2.05) is 30.1 Å². The zero-order chi connectivity index (χ0) is 15.5. The van der Waals surface area contributed by atoms with Crippen molar-refractivity contribution >= 4 is 5.91 Å². The predicted molar refractivity (Wildman–Crippen MR) is 86.9 cm³/mol. The largest absolute Gasteiger partial charge is 0.496 e. The molecular formula is C18H26N2O2. The van der Waals surface area contributed by atoms with E-state index in [1.165, 1.54) is 19.3 Å². The van der Waals surface area contributed by atoms with Gasteiger partial charge < -0.3 is 14.5 Å². The van der Waals surface area contributed by atoms with Crippen molar-refractivity contribution in [2.45, 2.75) is 31.7 Å². The zero-order valence-electron chi connectivity index (χ0n) is 13.6. The van der Waals surface area contributed by atoms with Crippen molar-refractivity contribution in [3.8, 4) is 5.75 Å². The summed E-state index contributed by atoms with van der Waals surface area (Å²) in [5.41, 5.74) is 1.13. The minimum absolute atomic E-state index is 0.123. The fraction of sp³-hybridized carbons (Fsp3) is 0.611. The van der Waals surface area contributed by atoms with E-state index in [-0.39, 0.29) is 17.9 Å². The first kappa shape index (κ1) is 15.3. The van der Waals surface area contributed by atoms with Gasteiger partial charge in [0.2, 0.25) is 5.91 Å². The van der Waals surface area contributed by atoms with Crippen LogP contribution in [0, 0.1) is 5.92 Å². The second kappa shape index (κ2) is 6.69. The number of ether oxygens (including phenoxy) is 1. The van der Waals surface area contributed by atoms with Gasteiger partial charge in [-0.2, -0.15) is 0 Å². The summed E-state index contributed by atoms with van der Waals surface area (Å²) < 4.78 is 5.48. The highest BCUT2D eigenvalue weighted by Crippen LogP contribution is 2.39. The molecule has 0 unspecified atom stereocenters. The minimum Gasteiger partial charge on any atom is -0.496 e. The van der Waals surface area contributed by atoms with Crippen molar-refractivity contribution in [2.24, 2.45) is 5.92 Å². The molecule has 2 atom stereocenters. The highest BCUT2D eigenvalue weighted by Gasteiger charge is 2.39. The molecular weight excluding hydrogens is 276 g/mol. The lowest BCUT2D eigenvalue weighted by molar-refractivity contribution is -0.131. The van der Waals surface area contributed by atoms with Gasteiger partial charge in [0.25, 0.3) is 0 Å². The number of nitrogens with zero attached hydrogens (tertiary/aromatic N) is 2. The van der Waals surface area contributed by atoms with E-state index in [9.17, 15) is 4.79 Å². The van der Waals surface area contributed by atoms with Gasteiger partial charge in [-0.25, -0.2) is 0 Å². The molecule has 120 valence electrons. The molecule has 22 heavy (non-hydrogen) atoms. The molecule has 3 rings (SSSR count). The van der Waals surface area contributed by atoms with Gasteiger partial charge in [0.05, 0.1) is 19.1 Å². The second-order valence-corrected chi connectivity index (χ2v) is 6.50. The molecule has 1 amide bonds. The molecule has 0 aromatic heterocycles. The van der Waals surface area contributed by atoms with E-state index < -0.39 is 0 Å². The Hall–Kier alpha value is -1.55. The number of piperidine rings is 1. The van der Waals surface area contributed by atoms with Crippen LogP contribution in [0.4, 0.5) is 0 Å². The standard InChI is InChI=1S/C18H26N2O2/c1-19-16(15-8-4-5-9-17(15)22-2)12-14(18(19)21)13-20-10-6-3-7-11-20/h4-5,8-9,14,16H,3,6-7,10-13H2,1-2H3/t14-,16+/m1/s1. The van der Waals surface area contributed by atoms with Gasteiger partial charge >= 0.3 is 0 Å². The van der Waals surface area contributed by atoms with Crippen molar-refractivity contribution in [1.29, 1.82) is 0 Å². The molecule has 0 N–H and O–H groups in total. The van der Waals surface area contributed by atoms with Crippen LogP contribution in [0.25, 0.3) is 0 Å². The molecule has 0 spiro atoms. The van der Waals surface area contributed by atoms with Gasteiger partial charge in [0, 0.05) is 19.2 Å². The van der Waals surface area contributed by atoms with Gasteiger partial charge in [-0.3, -0.25) is 4.79 Å². The van der Waals surface area contributed by atoms with Crippen molar-refractivity contribution < 1.29 is 9.53 Å². The van der Waals surface area contributed by atoms with Crippen LogP contribution < -0.4 is 4.74 Å². The highest BCUT2D eigenvalue weighted by atomic mass is 16.5. The van der Waals surface area contributed by atoms with Crippen LogP contribution in [0.2, 0.25) is 0 Å². The SMILES string of the molecule is COc1ccccc1[C@@H]1C[C@H](CN2CCCCC2)C(=O)N1C. The summed E-state index contributed by atoms with van der Waals surface area (Å²) >= 11 is 0. The molecule has 2 fully saturated rings. The lowest BCUT2D eigenvalue weighted by atomic mass is 9.97. The maximum atomic E-state index is 12.6. The van der Waals surface area contributed by atoms with E-state index in [2.05, 4.69) is 11.0 Å². The monoisotopic (exact) mass is 302 g/mol. The van der Waals surface area contributed by atoms with E-state index in [0.717, 1.165) is 37.4 Å². The minimum atomic E-state index is 0.123. The maximum Gasteiger partial charge on any atom is 0.227 e. The summed E-state index contributed by atoms with van der Waals surface area (Å²) in [6.07, 6.45) is 4.77. The van der Waals surface area contributed by atoms with Crippen LogP contribution in [0.5, 0.6) is 5.75 Å². The number of hydrogen-bond acceptors (Lipinski definition) is 3. The number of para-hydroxylation sites is 1. The Morgan fingerprint density at radius 2 is 1.91 bits per heavy atom. The van der Waals surface area contributed by atoms with Crippen LogP contribution >= 0.6 is 0 Å². The number of methoxy groups -OCH3 is 1. The fourth-order valence-corrected chi connectivity index (χ4v) is 3.85. The first-order chi connectivity index (χ1) is 10.7. The fourth-order valence-electron chi connectivity index (χ4n) is 3.85. The lowest BCUT2D eigenvalue weighted by Crippen LogP contribution is -2.36. The number of rotatable bonds is 4. The highest BCUT2D eigenvalue weighted by molar-refractivity contribution is 5.82. The molecule has 1 aromatic carbocycles. The Labute approximate surface area is 133 Å². The van der Waals surface area contributed by atoms with Crippen molar-refractivity contribution in [3.63, 3.8) is 0 Å². The molecule has 2 saturated heterocycles. The number of likely N-dealkylation sites (tertiary alicyclic amines) is 2.